The van der Waals surface area contributed by atoms with Gasteiger partial charge in [-0.1, -0.05) is 127 Å². The van der Waals surface area contributed by atoms with E-state index in [1.807, 2.05) is 121 Å². The molecule has 49 heavy (non-hydrogen) atoms. The lowest BCUT2D eigenvalue weighted by molar-refractivity contribution is -0.115. The van der Waals surface area contributed by atoms with E-state index in [-0.39, 0.29) is 12.3 Å². The van der Waals surface area contributed by atoms with E-state index >= 15 is 0 Å². The van der Waals surface area contributed by atoms with Crippen LogP contribution in [-0.2, 0) is 37.3 Å². The first-order valence-electron chi connectivity index (χ1n) is 16.7. The average molecular weight is 651 g/mol. The van der Waals surface area contributed by atoms with Crippen molar-refractivity contribution in [3.05, 3.63) is 186 Å². The van der Waals surface area contributed by atoms with E-state index in [9.17, 15) is 9.90 Å². The SMILES string of the molecule is O=C(Cc1nc(CCN(Cc2ccccc2)CC(O)c2ccccc2OCc2ccccc2)cn1Cc1ccccc1)Nc1ccccc1. The number of ether oxygens (including phenoxy) is 1. The van der Waals surface area contributed by atoms with Crippen molar-refractivity contribution in [1.82, 2.24) is 14.5 Å². The molecule has 0 saturated heterocycles. The van der Waals surface area contributed by atoms with E-state index in [1.165, 1.54) is 0 Å². The van der Waals surface area contributed by atoms with Crippen molar-refractivity contribution in [3.63, 3.8) is 0 Å². The van der Waals surface area contributed by atoms with Gasteiger partial charge in [-0.3, -0.25) is 9.69 Å². The van der Waals surface area contributed by atoms with Gasteiger partial charge < -0.3 is 19.7 Å². The molecule has 0 fully saturated rings. The van der Waals surface area contributed by atoms with Crippen molar-refractivity contribution < 1.29 is 14.6 Å². The molecule has 1 atom stereocenters. The number of imidazole rings is 1. The number of aliphatic hydroxyl groups is 1. The van der Waals surface area contributed by atoms with Gasteiger partial charge in [0.05, 0.1) is 18.2 Å². The van der Waals surface area contributed by atoms with Gasteiger partial charge in [-0.2, -0.15) is 0 Å². The Balaban J connectivity index is 1.18. The Morgan fingerprint density at radius 3 is 2.04 bits per heavy atom. The fourth-order valence-electron chi connectivity index (χ4n) is 5.88. The highest BCUT2D eigenvalue weighted by Gasteiger charge is 2.20. The van der Waals surface area contributed by atoms with Crippen molar-refractivity contribution >= 4 is 11.6 Å². The van der Waals surface area contributed by atoms with E-state index < -0.39 is 6.10 Å². The second-order valence-corrected chi connectivity index (χ2v) is 12.2. The number of carbonyl (C=O) groups is 1. The molecule has 0 aliphatic carbocycles. The second-order valence-electron chi connectivity index (χ2n) is 12.2. The maximum atomic E-state index is 13.1. The smallest absolute Gasteiger partial charge is 0.231 e. The molecule has 5 aromatic carbocycles. The number of benzene rings is 5. The Kier molecular flexibility index (Phi) is 11.6. The van der Waals surface area contributed by atoms with E-state index in [1.54, 1.807) is 0 Å². The number of amides is 1. The number of para-hydroxylation sites is 2. The van der Waals surface area contributed by atoms with Gasteiger partial charge in [-0.15, -0.1) is 0 Å². The number of hydrogen-bond donors (Lipinski definition) is 2. The first-order chi connectivity index (χ1) is 24.1. The molecule has 7 nitrogen and oxygen atoms in total. The van der Waals surface area contributed by atoms with Crippen LogP contribution in [0.1, 0.15) is 39.9 Å². The van der Waals surface area contributed by atoms with Crippen LogP contribution in [0.15, 0.2) is 152 Å². The average Bonchev–Trinajstić information content (AvgIpc) is 3.51. The summed E-state index contributed by atoms with van der Waals surface area (Å²) in [4.78, 5) is 20.3. The van der Waals surface area contributed by atoms with Gasteiger partial charge in [-0.05, 0) is 34.9 Å². The quantitative estimate of drug-likeness (QED) is 0.114. The van der Waals surface area contributed by atoms with Crippen LogP contribution in [0.2, 0.25) is 0 Å². The number of rotatable bonds is 16. The Hall–Kier alpha value is -5.50. The Labute approximate surface area is 288 Å². The normalized spacial score (nSPS) is 11.7. The maximum Gasteiger partial charge on any atom is 0.231 e. The van der Waals surface area contributed by atoms with Crippen LogP contribution in [0.25, 0.3) is 0 Å². The molecule has 7 heteroatoms. The highest BCUT2D eigenvalue weighted by molar-refractivity contribution is 5.91. The minimum Gasteiger partial charge on any atom is -0.489 e. The standard InChI is InChI=1S/C42H42N4O3/c47-39(38-23-13-14-24-40(38)49-32-35-19-9-3-10-20-35)31-45(28-33-15-5-1-6-16-33)26-25-37-30-46(29-34-17-7-2-8-18-34)41(43-37)27-42(48)44-36-21-11-4-12-22-36/h1-24,30,39,47H,25-29,31-32H2,(H,44,48). The summed E-state index contributed by atoms with van der Waals surface area (Å²) in [5, 5.41) is 14.6. The third-order valence-corrected chi connectivity index (χ3v) is 8.36. The van der Waals surface area contributed by atoms with Crippen molar-refractivity contribution in [2.24, 2.45) is 0 Å². The highest BCUT2D eigenvalue weighted by Crippen LogP contribution is 2.27. The molecule has 6 rings (SSSR count). The van der Waals surface area contributed by atoms with E-state index in [2.05, 4.69) is 45.2 Å². The summed E-state index contributed by atoms with van der Waals surface area (Å²) in [5.74, 6) is 1.28. The first-order valence-corrected chi connectivity index (χ1v) is 16.7. The molecule has 2 N–H and O–H groups in total. The number of anilines is 1. The van der Waals surface area contributed by atoms with Gasteiger partial charge in [-0.25, -0.2) is 4.98 Å². The number of carbonyl (C=O) groups excluding carboxylic acids is 1. The fourth-order valence-corrected chi connectivity index (χ4v) is 5.88. The minimum absolute atomic E-state index is 0.111. The van der Waals surface area contributed by atoms with Crippen molar-refractivity contribution in [2.75, 3.05) is 18.4 Å². The lowest BCUT2D eigenvalue weighted by atomic mass is 10.1. The largest absolute Gasteiger partial charge is 0.489 e. The summed E-state index contributed by atoms with van der Waals surface area (Å²) >= 11 is 0. The summed E-state index contributed by atoms with van der Waals surface area (Å²) in [5.41, 5.74) is 5.79. The fraction of sp³-hybridized carbons (Fsp3) is 0.190. The van der Waals surface area contributed by atoms with Crippen LogP contribution >= 0.6 is 0 Å². The molecule has 0 radical (unpaired) electrons. The molecular formula is C42H42N4O3. The first kappa shape index (κ1) is 33.4. The zero-order valence-electron chi connectivity index (χ0n) is 27.6. The third-order valence-electron chi connectivity index (χ3n) is 8.36. The van der Waals surface area contributed by atoms with E-state index in [0.717, 1.165) is 33.6 Å². The summed E-state index contributed by atoms with van der Waals surface area (Å²) < 4.78 is 8.26. The van der Waals surface area contributed by atoms with Crippen LogP contribution in [-0.4, -0.2) is 38.6 Å². The molecule has 0 aliphatic heterocycles. The van der Waals surface area contributed by atoms with Gasteiger partial charge in [0.1, 0.15) is 18.2 Å². The molecule has 6 aromatic rings. The predicted molar refractivity (Wildman–Crippen MR) is 194 cm³/mol. The molecule has 1 aromatic heterocycles. The van der Waals surface area contributed by atoms with E-state index in [4.69, 9.17) is 9.72 Å². The topological polar surface area (TPSA) is 79.6 Å². The zero-order valence-corrected chi connectivity index (χ0v) is 27.6. The highest BCUT2D eigenvalue weighted by atomic mass is 16.5. The molecule has 1 heterocycles. The van der Waals surface area contributed by atoms with Gasteiger partial charge in [0.2, 0.25) is 5.91 Å². The van der Waals surface area contributed by atoms with Crippen molar-refractivity contribution in [3.8, 4) is 5.75 Å². The Morgan fingerprint density at radius 1 is 0.755 bits per heavy atom. The molecule has 1 unspecified atom stereocenters. The molecule has 248 valence electrons. The molecule has 0 aliphatic rings. The molecule has 0 spiro atoms. The maximum absolute atomic E-state index is 13.1. The van der Waals surface area contributed by atoms with Crippen LogP contribution in [0, 0.1) is 0 Å². The van der Waals surface area contributed by atoms with Gasteiger partial charge in [0.15, 0.2) is 0 Å². The third kappa shape index (κ3) is 10.00. The van der Waals surface area contributed by atoms with Crippen molar-refractivity contribution in [1.29, 1.82) is 0 Å². The van der Waals surface area contributed by atoms with Gasteiger partial charge in [0, 0.05) is 50.0 Å². The monoisotopic (exact) mass is 650 g/mol. The number of aliphatic hydroxyl groups excluding tert-OH is 1. The Bertz CT molecular complexity index is 1880. The summed E-state index contributed by atoms with van der Waals surface area (Å²) in [7, 11) is 0. The molecule has 0 saturated carbocycles. The van der Waals surface area contributed by atoms with Crippen LogP contribution in [0.5, 0.6) is 5.75 Å². The molecule has 1 amide bonds. The summed E-state index contributed by atoms with van der Waals surface area (Å²) in [6, 6.07) is 47.7. The van der Waals surface area contributed by atoms with Crippen LogP contribution < -0.4 is 10.1 Å². The number of nitrogens with zero attached hydrogens (tertiary/aromatic N) is 3. The lowest BCUT2D eigenvalue weighted by Gasteiger charge is -2.26. The number of nitrogens with one attached hydrogen (secondary N) is 1. The van der Waals surface area contributed by atoms with Crippen molar-refractivity contribution in [2.45, 2.75) is 38.6 Å². The minimum atomic E-state index is -0.761. The van der Waals surface area contributed by atoms with E-state index in [0.29, 0.717) is 50.8 Å². The number of aromatic nitrogens is 2. The lowest BCUT2D eigenvalue weighted by Crippen LogP contribution is -2.30. The molecular weight excluding hydrogens is 608 g/mol. The van der Waals surface area contributed by atoms with Crippen LogP contribution in [0.4, 0.5) is 5.69 Å². The van der Waals surface area contributed by atoms with Gasteiger partial charge >= 0.3 is 0 Å². The molecule has 0 bridgehead atoms. The number of hydrogen-bond acceptors (Lipinski definition) is 5. The zero-order chi connectivity index (χ0) is 33.7. The Morgan fingerprint density at radius 2 is 1.35 bits per heavy atom. The second kappa shape index (κ2) is 17.1. The van der Waals surface area contributed by atoms with Crippen LogP contribution in [0.3, 0.4) is 0 Å². The summed E-state index contributed by atoms with van der Waals surface area (Å²) in [6.07, 6.45) is 2.11. The summed E-state index contributed by atoms with van der Waals surface area (Å²) in [6.45, 7) is 2.79. The van der Waals surface area contributed by atoms with Gasteiger partial charge in [0.25, 0.3) is 0 Å². The predicted octanol–water partition coefficient (Wildman–Crippen LogP) is 7.47.